The second kappa shape index (κ2) is 9.54. The van der Waals surface area contributed by atoms with Crippen LogP contribution in [0.5, 0.6) is 5.75 Å². The van der Waals surface area contributed by atoms with Crippen molar-refractivity contribution in [2.75, 3.05) is 26.7 Å². The summed E-state index contributed by atoms with van der Waals surface area (Å²) in [6.45, 7) is 3.42. The molecule has 1 aliphatic heterocycles. The number of carbonyl (C=O) groups excluding carboxylic acids is 2. The van der Waals surface area contributed by atoms with Crippen LogP contribution < -0.4 is 10.1 Å². The number of amides is 2. The molecule has 1 heterocycles. The number of carbonyl (C=O) groups is 2. The number of likely N-dealkylation sites (tertiary alicyclic amines) is 1. The standard InChI is InChI=1S/C23H27FN2O3/c1-3-4-12-25-22(27)21-15-26(14-20(21)16-8-10-18(24)11-9-16)23(28)17-6-5-7-19(13-17)29-2/h5-11,13,20-21H,3-4,12,14-15H2,1-2H3,(H,25,27)/t20-,21+/m1/s1. The number of methoxy groups -OCH3 is 1. The maximum atomic E-state index is 13.4. The van der Waals surface area contributed by atoms with Gasteiger partial charge in [0.2, 0.25) is 5.91 Å². The van der Waals surface area contributed by atoms with E-state index in [9.17, 15) is 14.0 Å². The van der Waals surface area contributed by atoms with Crippen molar-refractivity contribution < 1.29 is 18.7 Å². The third kappa shape index (κ3) is 4.94. The fourth-order valence-electron chi connectivity index (χ4n) is 3.74. The lowest BCUT2D eigenvalue weighted by Gasteiger charge is -2.18. The van der Waals surface area contributed by atoms with Crippen LogP contribution in [0.4, 0.5) is 4.39 Å². The lowest BCUT2D eigenvalue weighted by molar-refractivity contribution is -0.124. The van der Waals surface area contributed by atoms with Gasteiger partial charge in [0, 0.05) is 31.1 Å². The molecule has 2 aromatic rings. The molecule has 2 atom stereocenters. The summed E-state index contributed by atoms with van der Waals surface area (Å²) in [5.41, 5.74) is 1.39. The van der Waals surface area contributed by atoms with E-state index in [0.29, 0.717) is 30.9 Å². The average Bonchev–Trinajstić information content (AvgIpc) is 3.19. The molecule has 5 nitrogen and oxygen atoms in total. The highest BCUT2D eigenvalue weighted by molar-refractivity contribution is 5.95. The topological polar surface area (TPSA) is 58.6 Å². The molecule has 0 aliphatic carbocycles. The van der Waals surface area contributed by atoms with E-state index in [2.05, 4.69) is 12.2 Å². The van der Waals surface area contributed by atoms with Gasteiger partial charge in [0.1, 0.15) is 11.6 Å². The Morgan fingerprint density at radius 2 is 1.93 bits per heavy atom. The largest absolute Gasteiger partial charge is 0.497 e. The molecular weight excluding hydrogens is 371 g/mol. The van der Waals surface area contributed by atoms with Crippen LogP contribution in [0.15, 0.2) is 48.5 Å². The van der Waals surface area contributed by atoms with Gasteiger partial charge < -0.3 is 15.0 Å². The number of nitrogens with zero attached hydrogens (tertiary/aromatic N) is 1. The number of hydrogen-bond donors (Lipinski definition) is 1. The Kier molecular flexibility index (Phi) is 6.86. The van der Waals surface area contributed by atoms with E-state index >= 15 is 0 Å². The van der Waals surface area contributed by atoms with Crippen molar-refractivity contribution in [3.63, 3.8) is 0 Å². The van der Waals surface area contributed by atoms with Gasteiger partial charge in [0.25, 0.3) is 5.91 Å². The van der Waals surface area contributed by atoms with Crippen LogP contribution in [0.3, 0.4) is 0 Å². The van der Waals surface area contributed by atoms with Crippen LogP contribution in [-0.2, 0) is 4.79 Å². The molecule has 3 rings (SSSR count). The summed E-state index contributed by atoms with van der Waals surface area (Å²) in [4.78, 5) is 27.6. The van der Waals surface area contributed by atoms with Crippen molar-refractivity contribution in [1.29, 1.82) is 0 Å². The number of benzene rings is 2. The molecule has 2 amide bonds. The van der Waals surface area contributed by atoms with Gasteiger partial charge in [-0.05, 0) is 42.3 Å². The molecule has 6 heteroatoms. The van der Waals surface area contributed by atoms with Crippen LogP contribution in [0, 0.1) is 11.7 Å². The monoisotopic (exact) mass is 398 g/mol. The summed E-state index contributed by atoms with van der Waals surface area (Å²) >= 11 is 0. The van der Waals surface area contributed by atoms with Crippen molar-refractivity contribution in [1.82, 2.24) is 10.2 Å². The van der Waals surface area contributed by atoms with Gasteiger partial charge in [-0.3, -0.25) is 9.59 Å². The van der Waals surface area contributed by atoms with Gasteiger partial charge in [-0.1, -0.05) is 31.5 Å². The first-order chi connectivity index (χ1) is 14.0. The van der Waals surface area contributed by atoms with Crippen molar-refractivity contribution in [2.24, 2.45) is 5.92 Å². The lowest BCUT2D eigenvalue weighted by Crippen LogP contribution is -2.36. The number of ether oxygens (including phenoxy) is 1. The zero-order valence-corrected chi connectivity index (χ0v) is 16.9. The van der Waals surface area contributed by atoms with E-state index in [1.54, 1.807) is 48.4 Å². The van der Waals surface area contributed by atoms with Crippen molar-refractivity contribution in [3.05, 3.63) is 65.5 Å². The summed E-state index contributed by atoms with van der Waals surface area (Å²) in [5, 5.41) is 2.98. The predicted molar refractivity (Wildman–Crippen MR) is 109 cm³/mol. The van der Waals surface area contributed by atoms with Crippen LogP contribution in [0.25, 0.3) is 0 Å². The van der Waals surface area contributed by atoms with Crippen LogP contribution >= 0.6 is 0 Å². The average molecular weight is 398 g/mol. The summed E-state index contributed by atoms with van der Waals surface area (Å²) in [7, 11) is 1.56. The number of halogens is 1. The van der Waals surface area contributed by atoms with Gasteiger partial charge in [-0.15, -0.1) is 0 Å². The Balaban J connectivity index is 1.82. The first-order valence-electron chi connectivity index (χ1n) is 10.00. The van der Waals surface area contributed by atoms with E-state index in [1.807, 2.05) is 0 Å². The van der Waals surface area contributed by atoms with Gasteiger partial charge in [-0.2, -0.15) is 0 Å². The fraction of sp³-hybridized carbons (Fsp3) is 0.391. The number of unbranched alkanes of at least 4 members (excludes halogenated alkanes) is 1. The molecule has 0 aromatic heterocycles. The maximum Gasteiger partial charge on any atom is 0.254 e. The molecule has 1 saturated heterocycles. The van der Waals surface area contributed by atoms with Gasteiger partial charge in [0.05, 0.1) is 13.0 Å². The molecule has 1 aliphatic rings. The maximum absolute atomic E-state index is 13.4. The van der Waals surface area contributed by atoms with E-state index in [1.165, 1.54) is 12.1 Å². The summed E-state index contributed by atoms with van der Waals surface area (Å²) in [6, 6.07) is 13.2. The first-order valence-corrected chi connectivity index (χ1v) is 10.00. The third-order valence-corrected chi connectivity index (χ3v) is 5.39. The zero-order valence-electron chi connectivity index (χ0n) is 16.9. The highest BCUT2D eigenvalue weighted by Gasteiger charge is 2.40. The zero-order chi connectivity index (χ0) is 20.8. The SMILES string of the molecule is CCCCNC(=O)[C@H]1CN(C(=O)c2cccc(OC)c2)C[C@@H]1c1ccc(F)cc1. The molecule has 0 bridgehead atoms. The Labute approximate surface area is 170 Å². The van der Waals surface area contributed by atoms with E-state index in [0.717, 1.165) is 18.4 Å². The third-order valence-electron chi connectivity index (χ3n) is 5.39. The Bertz CT molecular complexity index is 853. The fourth-order valence-corrected chi connectivity index (χ4v) is 3.74. The normalized spacial score (nSPS) is 18.5. The van der Waals surface area contributed by atoms with E-state index < -0.39 is 0 Å². The summed E-state index contributed by atoms with van der Waals surface area (Å²) < 4.78 is 18.6. The summed E-state index contributed by atoms with van der Waals surface area (Å²) in [6.07, 6.45) is 1.90. The Morgan fingerprint density at radius 3 is 2.62 bits per heavy atom. The van der Waals surface area contributed by atoms with Gasteiger partial charge in [0.15, 0.2) is 0 Å². The Morgan fingerprint density at radius 1 is 1.17 bits per heavy atom. The van der Waals surface area contributed by atoms with Crippen LogP contribution in [0.2, 0.25) is 0 Å². The molecule has 0 radical (unpaired) electrons. The predicted octanol–water partition coefficient (Wildman–Crippen LogP) is 3.61. The van der Waals surface area contributed by atoms with Gasteiger partial charge >= 0.3 is 0 Å². The minimum atomic E-state index is -0.369. The molecule has 1 N–H and O–H groups in total. The lowest BCUT2D eigenvalue weighted by atomic mass is 9.88. The minimum absolute atomic E-state index is 0.0614. The molecule has 154 valence electrons. The highest BCUT2D eigenvalue weighted by atomic mass is 19.1. The number of nitrogens with one attached hydrogen (secondary N) is 1. The molecule has 1 fully saturated rings. The highest BCUT2D eigenvalue weighted by Crippen LogP contribution is 2.34. The van der Waals surface area contributed by atoms with E-state index in [4.69, 9.17) is 4.74 Å². The molecule has 2 aromatic carbocycles. The number of hydrogen-bond acceptors (Lipinski definition) is 3. The molecular formula is C23H27FN2O3. The second-order valence-electron chi connectivity index (χ2n) is 7.35. The number of rotatable bonds is 7. The van der Waals surface area contributed by atoms with Crippen LogP contribution in [-0.4, -0.2) is 43.5 Å². The van der Waals surface area contributed by atoms with Crippen molar-refractivity contribution >= 4 is 11.8 Å². The molecule has 0 saturated carbocycles. The minimum Gasteiger partial charge on any atom is -0.497 e. The Hall–Kier alpha value is -2.89. The second-order valence-corrected chi connectivity index (χ2v) is 7.35. The van der Waals surface area contributed by atoms with E-state index in [-0.39, 0.29) is 29.5 Å². The summed E-state index contributed by atoms with van der Waals surface area (Å²) in [5.74, 6) is -0.453. The van der Waals surface area contributed by atoms with Crippen molar-refractivity contribution in [2.45, 2.75) is 25.7 Å². The van der Waals surface area contributed by atoms with Crippen LogP contribution in [0.1, 0.15) is 41.6 Å². The van der Waals surface area contributed by atoms with Gasteiger partial charge in [-0.25, -0.2) is 4.39 Å². The first kappa shape index (κ1) is 20.8. The molecule has 0 unspecified atom stereocenters. The van der Waals surface area contributed by atoms with Crippen molar-refractivity contribution in [3.8, 4) is 5.75 Å². The quantitative estimate of drug-likeness (QED) is 0.725. The smallest absolute Gasteiger partial charge is 0.254 e. The molecule has 0 spiro atoms. The molecule has 29 heavy (non-hydrogen) atoms.